The van der Waals surface area contributed by atoms with Crippen LogP contribution in [0, 0.1) is 5.82 Å². The van der Waals surface area contributed by atoms with Gasteiger partial charge in [0, 0.05) is 13.7 Å². The van der Waals surface area contributed by atoms with Crippen LogP contribution in [0.15, 0.2) is 18.2 Å². The molecular weight excluding hydrogens is 200 g/mol. The number of benzene rings is 1. The Bertz CT molecular complexity index is 359. The maximum absolute atomic E-state index is 13.2. The van der Waals surface area contributed by atoms with Gasteiger partial charge in [0.15, 0.2) is 0 Å². The van der Waals surface area contributed by atoms with Crippen molar-refractivity contribution in [2.24, 2.45) is 0 Å². The Balaban J connectivity index is 2.69. The molecule has 0 aliphatic heterocycles. The molecule has 2 N–H and O–H groups in total. The van der Waals surface area contributed by atoms with E-state index in [-0.39, 0.29) is 5.56 Å². The molecule has 4 nitrogen and oxygen atoms in total. The minimum atomic E-state index is -1.27. The van der Waals surface area contributed by atoms with Gasteiger partial charge in [0.1, 0.15) is 5.82 Å². The Morgan fingerprint density at radius 1 is 1.67 bits per heavy atom. The fourth-order valence-corrected chi connectivity index (χ4v) is 1.08. The number of aromatic carboxylic acids is 1. The molecule has 79 valence electrons. The molecule has 0 aliphatic rings. The van der Waals surface area contributed by atoms with Gasteiger partial charge < -0.3 is 15.0 Å². The van der Waals surface area contributed by atoms with Crippen molar-refractivity contribution in [3.8, 4) is 0 Å². The normalized spacial score (nSPS) is 10.0. The molecule has 6 heteroatoms. The highest BCUT2D eigenvalue weighted by atomic mass is 19.1. The van der Waals surface area contributed by atoms with Gasteiger partial charge in [-0.05, 0) is 17.7 Å². The van der Waals surface area contributed by atoms with Crippen molar-refractivity contribution in [1.29, 1.82) is 0 Å². The number of carboxylic acid groups (broad SMARTS) is 1. The Labute approximate surface area is 87.4 Å². The monoisotopic (exact) mass is 210 g/mol. The van der Waals surface area contributed by atoms with E-state index in [0.717, 1.165) is 0 Å². The molecule has 0 saturated carbocycles. The van der Waals surface area contributed by atoms with E-state index in [1.165, 1.54) is 26.9 Å². The third-order valence-electron chi connectivity index (χ3n) is 1.77. The van der Waals surface area contributed by atoms with Crippen LogP contribution in [0.2, 0.25) is 0 Å². The molecule has 15 heavy (non-hydrogen) atoms. The van der Waals surface area contributed by atoms with Crippen LogP contribution in [0.3, 0.4) is 0 Å². The van der Waals surface area contributed by atoms with Crippen LogP contribution in [-0.2, 0) is 11.2 Å². The zero-order valence-electron chi connectivity index (χ0n) is 8.16. The fourth-order valence-electron chi connectivity index (χ4n) is 1.08. The second-order valence-electron chi connectivity index (χ2n) is 2.85. The van der Waals surface area contributed by atoms with E-state index in [4.69, 9.17) is 5.11 Å². The summed E-state index contributed by atoms with van der Waals surface area (Å²) in [6, 6.07) is 3.96. The number of carboxylic acids is 1. The number of rotatable bonds is 5. The predicted molar refractivity (Wildman–Crippen MR) is 53.0 cm³/mol. The Hall–Kier alpha value is -1.40. The van der Waals surface area contributed by atoms with E-state index in [1.807, 2.05) is 0 Å². The van der Waals surface area contributed by atoms with Crippen molar-refractivity contribution in [3.63, 3.8) is 0 Å². The maximum Gasteiger partial charge on any atom is 0.395 e. The SMILES string of the molecule is CO[B]NCc1ccc(C(=O)O)c(F)c1. The fraction of sp³-hybridized carbons (Fsp3) is 0.222. The highest BCUT2D eigenvalue weighted by molar-refractivity contribution is 6.23. The molecule has 0 aliphatic carbocycles. The van der Waals surface area contributed by atoms with Crippen LogP contribution in [0.5, 0.6) is 0 Å². The lowest BCUT2D eigenvalue weighted by Gasteiger charge is -2.03. The van der Waals surface area contributed by atoms with Crippen LogP contribution in [0.4, 0.5) is 4.39 Å². The third kappa shape index (κ3) is 3.34. The lowest BCUT2D eigenvalue weighted by Crippen LogP contribution is -2.20. The predicted octanol–water partition coefficient (Wildman–Crippen LogP) is 0.794. The van der Waals surface area contributed by atoms with Crippen molar-refractivity contribution in [2.45, 2.75) is 6.54 Å². The largest absolute Gasteiger partial charge is 0.478 e. The van der Waals surface area contributed by atoms with E-state index in [9.17, 15) is 9.18 Å². The highest BCUT2D eigenvalue weighted by Gasteiger charge is 2.09. The van der Waals surface area contributed by atoms with Crippen molar-refractivity contribution in [1.82, 2.24) is 5.23 Å². The lowest BCUT2D eigenvalue weighted by molar-refractivity contribution is 0.0692. The molecule has 1 rings (SSSR count). The molecule has 0 spiro atoms. The summed E-state index contributed by atoms with van der Waals surface area (Å²) >= 11 is 0. The summed E-state index contributed by atoms with van der Waals surface area (Å²) in [6.45, 7) is 0.380. The first-order valence-electron chi connectivity index (χ1n) is 4.24. The average molecular weight is 210 g/mol. The number of hydrogen-bond acceptors (Lipinski definition) is 3. The van der Waals surface area contributed by atoms with E-state index in [1.54, 1.807) is 6.07 Å². The molecule has 0 unspecified atom stereocenters. The smallest absolute Gasteiger partial charge is 0.395 e. The van der Waals surface area contributed by atoms with Gasteiger partial charge in [0.25, 0.3) is 0 Å². The van der Waals surface area contributed by atoms with Crippen LogP contribution in [-0.4, -0.2) is 25.8 Å². The van der Waals surface area contributed by atoms with Gasteiger partial charge in [-0.25, -0.2) is 9.18 Å². The van der Waals surface area contributed by atoms with E-state index >= 15 is 0 Å². The third-order valence-corrected chi connectivity index (χ3v) is 1.77. The number of halogens is 1. The molecule has 0 amide bonds. The second kappa shape index (κ2) is 5.48. The molecule has 0 atom stereocenters. The van der Waals surface area contributed by atoms with Crippen LogP contribution in [0.25, 0.3) is 0 Å². The second-order valence-corrected chi connectivity index (χ2v) is 2.85. The van der Waals surface area contributed by atoms with Crippen LogP contribution < -0.4 is 5.23 Å². The van der Waals surface area contributed by atoms with Crippen LogP contribution in [0.1, 0.15) is 15.9 Å². The molecule has 0 saturated heterocycles. The summed E-state index contributed by atoms with van der Waals surface area (Å²) in [5, 5.41) is 11.4. The van der Waals surface area contributed by atoms with Gasteiger partial charge in [0.05, 0.1) is 5.56 Å². The van der Waals surface area contributed by atoms with Crippen molar-refractivity contribution in [2.75, 3.05) is 7.11 Å². The lowest BCUT2D eigenvalue weighted by atomic mass is 10.1. The van der Waals surface area contributed by atoms with Gasteiger partial charge in [-0.15, -0.1) is 0 Å². The molecule has 0 bridgehead atoms. The first-order chi connectivity index (χ1) is 7.15. The van der Waals surface area contributed by atoms with E-state index in [2.05, 4.69) is 9.88 Å². The molecular formula is C9H10BFNO3. The first-order valence-corrected chi connectivity index (χ1v) is 4.24. The van der Waals surface area contributed by atoms with Crippen molar-refractivity contribution >= 4 is 13.6 Å². The Morgan fingerprint density at radius 3 is 2.93 bits per heavy atom. The number of nitrogens with one attached hydrogen (secondary N) is 1. The van der Waals surface area contributed by atoms with Gasteiger partial charge in [-0.2, -0.15) is 0 Å². The Kier molecular flexibility index (Phi) is 4.26. The van der Waals surface area contributed by atoms with Crippen molar-refractivity contribution in [3.05, 3.63) is 35.1 Å². The summed E-state index contributed by atoms with van der Waals surface area (Å²) in [4.78, 5) is 10.5. The topological polar surface area (TPSA) is 58.6 Å². The summed E-state index contributed by atoms with van der Waals surface area (Å²) in [5.41, 5.74) is 0.320. The minimum Gasteiger partial charge on any atom is -0.478 e. The summed E-state index contributed by atoms with van der Waals surface area (Å²) < 4.78 is 17.8. The highest BCUT2D eigenvalue weighted by Crippen LogP contribution is 2.10. The number of carbonyl (C=O) groups is 1. The zero-order valence-corrected chi connectivity index (χ0v) is 8.16. The van der Waals surface area contributed by atoms with Crippen molar-refractivity contribution < 1.29 is 18.9 Å². The first kappa shape index (κ1) is 11.7. The van der Waals surface area contributed by atoms with Gasteiger partial charge in [0.2, 0.25) is 0 Å². The standard InChI is InChI=1S/C9H10BFNO3/c1-15-10-12-5-6-2-3-7(9(13)14)8(11)4-6/h2-4,12H,5H2,1H3,(H,13,14). The van der Waals surface area contributed by atoms with Gasteiger partial charge in [-0.1, -0.05) is 6.07 Å². The zero-order chi connectivity index (χ0) is 11.3. The average Bonchev–Trinajstić information content (AvgIpc) is 2.17. The quantitative estimate of drug-likeness (QED) is 0.557. The summed E-state index contributed by atoms with van der Waals surface area (Å²) in [6.07, 6.45) is 0. The Morgan fingerprint density at radius 2 is 2.40 bits per heavy atom. The van der Waals surface area contributed by atoms with E-state index < -0.39 is 11.8 Å². The maximum atomic E-state index is 13.2. The molecule has 0 fully saturated rings. The molecule has 0 aromatic heterocycles. The molecule has 0 heterocycles. The van der Waals surface area contributed by atoms with Crippen LogP contribution >= 0.6 is 0 Å². The minimum absolute atomic E-state index is 0.325. The summed E-state index contributed by atoms with van der Waals surface area (Å²) in [5.74, 6) is -2.00. The molecule has 1 radical (unpaired) electrons. The van der Waals surface area contributed by atoms with Gasteiger partial charge in [-0.3, -0.25) is 0 Å². The van der Waals surface area contributed by atoms with Gasteiger partial charge >= 0.3 is 13.6 Å². The van der Waals surface area contributed by atoms with E-state index in [0.29, 0.717) is 12.1 Å². The molecule has 1 aromatic carbocycles. The summed E-state index contributed by atoms with van der Waals surface area (Å²) in [7, 11) is 2.85. The number of hydrogen-bond donors (Lipinski definition) is 2. The molecule has 1 aromatic rings.